The Morgan fingerprint density at radius 2 is 2.31 bits per heavy atom. The van der Waals surface area contributed by atoms with E-state index in [4.69, 9.17) is 5.73 Å². The number of anilines is 2. The van der Waals surface area contributed by atoms with Gasteiger partial charge in [-0.05, 0) is 18.6 Å². The molecule has 0 aromatic carbocycles. The molecule has 0 unspecified atom stereocenters. The molecule has 0 aliphatic heterocycles. The first-order valence-corrected chi connectivity index (χ1v) is 5.30. The van der Waals surface area contributed by atoms with Crippen LogP contribution < -0.4 is 11.1 Å². The van der Waals surface area contributed by atoms with Crippen molar-refractivity contribution in [3.8, 4) is 0 Å². The minimum absolute atomic E-state index is 0.311. The summed E-state index contributed by atoms with van der Waals surface area (Å²) in [6.45, 7) is 1.82. The van der Waals surface area contributed by atoms with E-state index in [1.54, 1.807) is 12.3 Å². The van der Waals surface area contributed by atoms with Gasteiger partial charge in [-0.2, -0.15) is 0 Å². The van der Waals surface area contributed by atoms with Gasteiger partial charge in [-0.25, -0.2) is 0 Å². The number of nitrogens with one attached hydrogen (secondary N) is 1. The van der Waals surface area contributed by atoms with E-state index in [1.165, 1.54) is 0 Å². The van der Waals surface area contributed by atoms with Gasteiger partial charge < -0.3 is 5.73 Å². The maximum Gasteiger partial charge on any atom is 0.276 e. The lowest BCUT2D eigenvalue weighted by Gasteiger charge is -2.02. The third kappa shape index (κ3) is 2.14. The van der Waals surface area contributed by atoms with Gasteiger partial charge in [0.15, 0.2) is 0 Å². The van der Waals surface area contributed by atoms with Crippen LogP contribution >= 0.6 is 11.3 Å². The fourth-order valence-corrected chi connectivity index (χ4v) is 1.67. The van der Waals surface area contributed by atoms with Crippen molar-refractivity contribution in [2.45, 2.75) is 6.92 Å². The number of amides is 1. The number of nitrogens with two attached hydrogens (primary N) is 1. The Morgan fingerprint density at radius 1 is 1.50 bits per heavy atom. The number of hydrogen-bond donors (Lipinski definition) is 2. The summed E-state index contributed by atoms with van der Waals surface area (Å²) in [5, 5.41) is 10.6. The molecule has 6 nitrogen and oxygen atoms in total. The van der Waals surface area contributed by atoms with E-state index in [1.807, 2.05) is 13.0 Å². The molecule has 3 N–H and O–H groups in total. The molecule has 2 heterocycles. The van der Waals surface area contributed by atoms with Gasteiger partial charge >= 0.3 is 0 Å². The smallest absolute Gasteiger partial charge is 0.276 e. The number of nitrogen functional groups attached to an aromatic ring is 1. The molecule has 0 saturated carbocycles. The molecule has 2 aromatic rings. The zero-order valence-electron chi connectivity index (χ0n) is 8.47. The van der Waals surface area contributed by atoms with Crippen molar-refractivity contribution in [2.24, 2.45) is 0 Å². The lowest BCUT2D eigenvalue weighted by atomic mass is 10.2. The molecule has 7 heteroatoms. The van der Waals surface area contributed by atoms with E-state index in [9.17, 15) is 4.79 Å². The highest BCUT2D eigenvalue weighted by atomic mass is 32.1. The third-order valence-electron chi connectivity index (χ3n) is 1.89. The van der Waals surface area contributed by atoms with Crippen molar-refractivity contribution in [2.75, 3.05) is 11.1 Å². The average molecular weight is 235 g/mol. The van der Waals surface area contributed by atoms with Crippen LogP contribution in [-0.2, 0) is 0 Å². The van der Waals surface area contributed by atoms with Crippen LogP contribution in [0.1, 0.15) is 16.1 Å². The Balaban J connectivity index is 2.18. The van der Waals surface area contributed by atoms with Crippen LogP contribution in [0.4, 0.5) is 10.3 Å². The van der Waals surface area contributed by atoms with Gasteiger partial charge in [-0.1, -0.05) is 17.4 Å². The Kier molecular flexibility index (Phi) is 2.78. The predicted molar refractivity (Wildman–Crippen MR) is 61.2 cm³/mol. The lowest BCUT2D eigenvalue weighted by Crippen LogP contribution is -2.14. The molecule has 0 fully saturated rings. The van der Waals surface area contributed by atoms with Crippen molar-refractivity contribution in [3.63, 3.8) is 0 Å². The number of hydrogen-bond acceptors (Lipinski definition) is 6. The Morgan fingerprint density at radius 3 is 2.94 bits per heavy atom. The molecule has 0 bridgehead atoms. The minimum Gasteiger partial charge on any atom is -0.374 e. The topological polar surface area (TPSA) is 93.8 Å². The number of carbonyl (C=O) groups excluding carboxylic acids is 1. The van der Waals surface area contributed by atoms with Crippen LogP contribution in [0.2, 0.25) is 0 Å². The highest BCUT2D eigenvalue weighted by molar-refractivity contribution is 7.19. The molecule has 16 heavy (non-hydrogen) atoms. The summed E-state index contributed by atoms with van der Waals surface area (Å²) in [5.74, 6) is -0.311. The van der Waals surface area contributed by atoms with E-state index < -0.39 is 0 Å². The summed E-state index contributed by atoms with van der Waals surface area (Å²) in [6.07, 6.45) is 1.57. The van der Waals surface area contributed by atoms with Gasteiger partial charge in [-0.15, -0.1) is 10.2 Å². The van der Waals surface area contributed by atoms with Crippen molar-refractivity contribution < 1.29 is 4.79 Å². The normalized spacial score (nSPS) is 10.1. The average Bonchev–Trinajstić information content (AvgIpc) is 2.64. The van der Waals surface area contributed by atoms with Gasteiger partial charge in [-0.3, -0.25) is 15.1 Å². The maximum atomic E-state index is 11.8. The first kappa shape index (κ1) is 10.5. The molecule has 1 amide bonds. The molecular formula is C9H9N5OS. The summed E-state index contributed by atoms with van der Waals surface area (Å²) in [4.78, 5) is 15.8. The van der Waals surface area contributed by atoms with Gasteiger partial charge in [0.2, 0.25) is 10.3 Å². The van der Waals surface area contributed by atoms with Gasteiger partial charge in [0, 0.05) is 6.20 Å². The predicted octanol–water partition coefficient (Wildman–Crippen LogP) is 1.08. The summed E-state index contributed by atoms with van der Waals surface area (Å²) in [7, 11) is 0. The number of aryl methyl sites for hydroxylation is 1. The first-order valence-electron chi connectivity index (χ1n) is 4.49. The van der Waals surface area contributed by atoms with E-state index >= 15 is 0 Å². The quantitative estimate of drug-likeness (QED) is 0.812. The summed E-state index contributed by atoms with van der Waals surface area (Å²) in [5.41, 5.74) is 6.58. The van der Waals surface area contributed by atoms with Crippen LogP contribution in [0.25, 0.3) is 0 Å². The van der Waals surface area contributed by atoms with Crippen LogP contribution in [0.15, 0.2) is 18.3 Å². The molecule has 82 valence electrons. The van der Waals surface area contributed by atoms with E-state index in [-0.39, 0.29) is 5.91 Å². The second-order valence-electron chi connectivity index (χ2n) is 3.07. The SMILES string of the molecule is Cc1cccnc1C(=O)Nc1nnc(N)s1. The summed E-state index contributed by atoms with van der Waals surface area (Å²) in [6, 6.07) is 3.59. The monoisotopic (exact) mass is 235 g/mol. The van der Waals surface area contributed by atoms with Crippen molar-refractivity contribution >= 4 is 27.5 Å². The van der Waals surface area contributed by atoms with Crippen LogP contribution in [0, 0.1) is 6.92 Å². The molecule has 0 radical (unpaired) electrons. The molecule has 0 aliphatic rings. The summed E-state index contributed by atoms with van der Waals surface area (Å²) >= 11 is 1.11. The Hall–Kier alpha value is -2.02. The number of pyridine rings is 1. The molecule has 0 saturated heterocycles. The minimum atomic E-state index is -0.311. The van der Waals surface area contributed by atoms with Crippen molar-refractivity contribution in [1.29, 1.82) is 0 Å². The molecule has 0 aliphatic carbocycles. The fraction of sp³-hybridized carbons (Fsp3) is 0.111. The fourth-order valence-electron chi connectivity index (χ4n) is 1.16. The second kappa shape index (κ2) is 4.23. The van der Waals surface area contributed by atoms with E-state index in [0.29, 0.717) is 16.0 Å². The largest absolute Gasteiger partial charge is 0.374 e. The van der Waals surface area contributed by atoms with Gasteiger partial charge in [0.1, 0.15) is 5.69 Å². The lowest BCUT2D eigenvalue weighted by molar-refractivity contribution is 0.102. The highest BCUT2D eigenvalue weighted by Gasteiger charge is 2.12. The standard InChI is InChI=1S/C9H9N5OS/c1-5-3-2-4-11-6(5)7(15)12-9-14-13-8(10)16-9/h2-4H,1H3,(H2,10,13)(H,12,14,15). The van der Waals surface area contributed by atoms with Crippen LogP contribution in [0.3, 0.4) is 0 Å². The number of carbonyl (C=O) groups is 1. The summed E-state index contributed by atoms with van der Waals surface area (Å²) < 4.78 is 0. The molecule has 0 atom stereocenters. The second-order valence-corrected chi connectivity index (χ2v) is 4.08. The van der Waals surface area contributed by atoms with E-state index in [0.717, 1.165) is 16.9 Å². The molecule has 2 rings (SSSR count). The molecule has 2 aromatic heterocycles. The van der Waals surface area contributed by atoms with Crippen LogP contribution in [0.5, 0.6) is 0 Å². The van der Waals surface area contributed by atoms with Crippen molar-refractivity contribution in [3.05, 3.63) is 29.6 Å². The van der Waals surface area contributed by atoms with Crippen molar-refractivity contribution in [1.82, 2.24) is 15.2 Å². The number of aromatic nitrogens is 3. The number of rotatable bonds is 2. The third-order valence-corrected chi connectivity index (χ3v) is 2.55. The van der Waals surface area contributed by atoms with E-state index in [2.05, 4.69) is 20.5 Å². The Bertz CT molecular complexity index is 524. The molecule has 0 spiro atoms. The maximum absolute atomic E-state index is 11.8. The first-order chi connectivity index (χ1) is 7.66. The number of nitrogens with zero attached hydrogens (tertiary/aromatic N) is 3. The zero-order chi connectivity index (χ0) is 11.5. The highest BCUT2D eigenvalue weighted by Crippen LogP contribution is 2.17. The molecular weight excluding hydrogens is 226 g/mol. The van der Waals surface area contributed by atoms with Crippen LogP contribution in [-0.4, -0.2) is 21.1 Å². The zero-order valence-corrected chi connectivity index (χ0v) is 9.28. The Labute approximate surface area is 95.5 Å². The van der Waals surface area contributed by atoms with Gasteiger partial charge in [0.05, 0.1) is 0 Å². The van der Waals surface area contributed by atoms with Gasteiger partial charge in [0.25, 0.3) is 5.91 Å².